The van der Waals surface area contributed by atoms with Crippen molar-refractivity contribution in [3.8, 4) is 0 Å². The van der Waals surface area contributed by atoms with Gasteiger partial charge in [-0.2, -0.15) is 0 Å². The van der Waals surface area contributed by atoms with E-state index in [-0.39, 0.29) is 0 Å². The van der Waals surface area contributed by atoms with E-state index in [0.717, 1.165) is 0 Å². The van der Waals surface area contributed by atoms with Gasteiger partial charge in [0.25, 0.3) is 0 Å². The van der Waals surface area contributed by atoms with E-state index >= 15 is 0 Å². The zero-order chi connectivity index (χ0) is 13.6. The minimum absolute atomic E-state index is 0.450. The second-order valence-corrected chi connectivity index (χ2v) is 6.68. The summed E-state index contributed by atoms with van der Waals surface area (Å²) in [7, 11) is 0. The molecule has 0 nitrogen and oxygen atoms in total. The maximum atomic E-state index is 3.83. The molecule has 0 aromatic heterocycles. The highest BCUT2D eigenvalue weighted by atomic mass is 14.3. The van der Waals surface area contributed by atoms with Crippen molar-refractivity contribution in [2.75, 3.05) is 0 Å². The molecule has 1 aliphatic carbocycles. The number of rotatable bonds is 3. The van der Waals surface area contributed by atoms with Crippen LogP contribution in [0.1, 0.15) is 59.8 Å². The summed E-state index contributed by atoms with van der Waals surface area (Å²) in [5, 5.41) is 0. The summed E-state index contributed by atoms with van der Waals surface area (Å²) in [6.45, 7) is 13.2. The molecule has 1 saturated carbocycles. The fourth-order valence-corrected chi connectivity index (χ4v) is 2.86. The van der Waals surface area contributed by atoms with Gasteiger partial charge in [0.2, 0.25) is 0 Å². The average Bonchev–Trinajstić information content (AvgIpc) is 2.25. The van der Waals surface area contributed by atoms with Crippen LogP contribution in [-0.2, 0) is 0 Å². The van der Waals surface area contributed by atoms with Gasteiger partial charge in [0.1, 0.15) is 0 Å². The van der Waals surface area contributed by atoms with Crippen molar-refractivity contribution in [2.45, 2.75) is 59.8 Å². The predicted octanol–water partition coefficient (Wildman–Crippen LogP) is 5.92. The van der Waals surface area contributed by atoms with Crippen molar-refractivity contribution in [3.05, 3.63) is 36.5 Å². The van der Waals surface area contributed by atoms with E-state index in [1.807, 2.05) is 6.08 Å². The highest BCUT2D eigenvalue weighted by Crippen LogP contribution is 2.40. The maximum Gasteiger partial charge on any atom is -0.0179 e. The summed E-state index contributed by atoms with van der Waals surface area (Å²) in [6, 6.07) is 0. The topological polar surface area (TPSA) is 0 Å². The molecule has 1 aliphatic rings. The van der Waals surface area contributed by atoms with Crippen LogP contribution in [0.5, 0.6) is 0 Å². The van der Waals surface area contributed by atoms with Crippen LogP contribution in [0, 0.1) is 17.3 Å². The Kier molecular flexibility index (Phi) is 5.91. The first-order valence-electron chi connectivity index (χ1n) is 7.44. The molecule has 1 fully saturated rings. The molecule has 18 heavy (non-hydrogen) atoms. The highest BCUT2D eigenvalue weighted by Gasteiger charge is 2.28. The van der Waals surface area contributed by atoms with Crippen molar-refractivity contribution in [3.63, 3.8) is 0 Å². The zero-order valence-corrected chi connectivity index (χ0v) is 12.7. The van der Waals surface area contributed by atoms with Crippen molar-refractivity contribution in [1.29, 1.82) is 0 Å². The molecule has 0 amide bonds. The summed E-state index contributed by atoms with van der Waals surface area (Å²) in [5.41, 5.74) is 2.04. The van der Waals surface area contributed by atoms with E-state index in [9.17, 15) is 0 Å². The zero-order valence-electron chi connectivity index (χ0n) is 12.7. The highest BCUT2D eigenvalue weighted by molar-refractivity contribution is 5.12. The van der Waals surface area contributed by atoms with Crippen LogP contribution >= 0.6 is 0 Å². The van der Waals surface area contributed by atoms with E-state index in [4.69, 9.17) is 0 Å². The molecule has 0 saturated heterocycles. The van der Waals surface area contributed by atoms with Crippen molar-refractivity contribution in [2.24, 2.45) is 17.3 Å². The van der Waals surface area contributed by atoms with Crippen LogP contribution in [0.15, 0.2) is 36.5 Å². The van der Waals surface area contributed by atoms with Crippen LogP contribution in [-0.4, -0.2) is 0 Å². The lowest BCUT2D eigenvalue weighted by Gasteiger charge is -2.35. The van der Waals surface area contributed by atoms with Crippen LogP contribution < -0.4 is 0 Å². The van der Waals surface area contributed by atoms with Gasteiger partial charge in [0.15, 0.2) is 0 Å². The molecule has 0 heteroatoms. The molecule has 0 N–H and O–H groups in total. The SMILES string of the molecule is C=C/C=C1\CCCC(C)(C)C(C=CC(C)C)CC1. The molecular formula is C18H30. The lowest BCUT2D eigenvalue weighted by Crippen LogP contribution is -2.24. The molecule has 0 aliphatic heterocycles. The summed E-state index contributed by atoms with van der Waals surface area (Å²) >= 11 is 0. The Morgan fingerprint density at radius 1 is 1.28 bits per heavy atom. The van der Waals surface area contributed by atoms with Gasteiger partial charge >= 0.3 is 0 Å². The maximum absolute atomic E-state index is 3.83. The Labute approximate surface area is 114 Å². The first-order chi connectivity index (χ1) is 8.45. The lowest BCUT2D eigenvalue weighted by atomic mass is 9.70. The van der Waals surface area contributed by atoms with E-state index in [0.29, 0.717) is 17.3 Å². The molecule has 1 atom stereocenters. The molecule has 0 heterocycles. The van der Waals surface area contributed by atoms with E-state index < -0.39 is 0 Å². The first kappa shape index (κ1) is 15.3. The van der Waals surface area contributed by atoms with E-state index in [1.165, 1.54) is 32.1 Å². The van der Waals surface area contributed by atoms with Gasteiger partial charge in [0.05, 0.1) is 0 Å². The largest absolute Gasteiger partial charge is 0.0991 e. The Bertz CT molecular complexity index is 315. The normalized spacial score (nSPS) is 27.4. The van der Waals surface area contributed by atoms with Crippen LogP contribution in [0.25, 0.3) is 0 Å². The Hall–Kier alpha value is -0.780. The van der Waals surface area contributed by atoms with E-state index in [2.05, 4.69) is 52.5 Å². The monoisotopic (exact) mass is 246 g/mol. The molecule has 1 unspecified atom stereocenters. The second-order valence-electron chi connectivity index (χ2n) is 6.68. The third-order valence-electron chi connectivity index (χ3n) is 4.18. The Morgan fingerprint density at radius 2 is 2.00 bits per heavy atom. The molecule has 0 radical (unpaired) electrons. The summed E-state index contributed by atoms with van der Waals surface area (Å²) in [4.78, 5) is 0. The quantitative estimate of drug-likeness (QED) is 0.542. The fraction of sp³-hybridized carbons (Fsp3) is 0.667. The Balaban J connectivity index is 2.76. The van der Waals surface area contributed by atoms with Gasteiger partial charge in [0, 0.05) is 0 Å². The van der Waals surface area contributed by atoms with Gasteiger partial charge < -0.3 is 0 Å². The van der Waals surface area contributed by atoms with Gasteiger partial charge in [-0.1, -0.05) is 64.2 Å². The van der Waals surface area contributed by atoms with E-state index in [1.54, 1.807) is 5.57 Å². The second kappa shape index (κ2) is 6.97. The third kappa shape index (κ3) is 4.84. The fourth-order valence-electron chi connectivity index (χ4n) is 2.86. The lowest BCUT2D eigenvalue weighted by molar-refractivity contribution is 0.211. The molecule has 0 spiro atoms. The van der Waals surface area contributed by atoms with Gasteiger partial charge in [-0.15, -0.1) is 0 Å². The summed E-state index contributed by atoms with van der Waals surface area (Å²) in [5.74, 6) is 1.38. The molecule has 1 rings (SSSR count). The molecule has 0 bridgehead atoms. The van der Waals surface area contributed by atoms with Crippen molar-refractivity contribution in [1.82, 2.24) is 0 Å². The number of allylic oxidation sites excluding steroid dienone is 5. The average molecular weight is 246 g/mol. The molecular weight excluding hydrogens is 216 g/mol. The van der Waals surface area contributed by atoms with Crippen LogP contribution in [0.2, 0.25) is 0 Å². The van der Waals surface area contributed by atoms with Crippen molar-refractivity contribution < 1.29 is 0 Å². The van der Waals surface area contributed by atoms with Crippen molar-refractivity contribution >= 4 is 0 Å². The van der Waals surface area contributed by atoms with Gasteiger partial charge in [-0.25, -0.2) is 0 Å². The minimum Gasteiger partial charge on any atom is -0.0991 e. The number of hydrogen-bond donors (Lipinski definition) is 0. The number of hydrogen-bond acceptors (Lipinski definition) is 0. The summed E-state index contributed by atoms with van der Waals surface area (Å²) in [6.07, 6.45) is 15.5. The molecule has 102 valence electrons. The predicted molar refractivity (Wildman–Crippen MR) is 82.6 cm³/mol. The minimum atomic E-state index is 0.450. The van der Waals surface area contributed by atoms with Gasteiger partial charge in [-0.05, 0) is 49.4 Å². The first-order valence-corrected chi connectivity index (χ1v) is 7.44. The molecule has 0 aromatic carbocycles. The van der Waals surface area contributed by atoms with Crippen LogP contribution in [0.3, 0.4) is 0 Å². The van der Waals surface area contributed by atoms with Crippen LogP contribution in [0.4, 0.5) is 0 Å². The van der Waals surface area contributed by atoms with Gasteiger partial charge in [-0.3, -0.25) is 0 Å². The summed E-state index contributed by atoms with van der Waals surface area (Å²) < 4.78 is 0. The Morgan fingerprint density at radius 3 is 2.61 bits per heavy atom. The standard InChI is InChI=1S/C18H30/c1-6-8-16-9-7-14-18(4,5)17(13-11-16)12-10-15(2)3/h6,8,10,12,15,17H,1,7,9,11,13-14H2,2-5H3/b12-10?,16-8+. The third-order valence-corrected chi connectivity index (χ3v) is 4.18. The molecule has 0 aromatic rings. The smallest absolute Gasteiger partial charge is 0.0179 e.